The Kier molecular flexibility index (Phi) is 3.75. The lowest BCUT2D eigenvalue weighted by Gasteiger charge is -2.36. The van der Waals surface area contributed by atoms with Gasteiger partial charge >= 0.3 is 5.97 Å². The molecule has 0 aromatic carbocycles. The topological polar surface area (TPSA) is 29.5 Å². The average molecular weight is 263 g/mol. The van der Waals surface area contributed by atoms with Crippen molar-refractivity contribution in [2.75, 3.05) is 7.11 Å². The minimum Gasteiger partial charge on any atom is -0.468 e. The number of nitrogens with zero attached hydrogens (tertiary/aromatic N) is 1. The van der Waals surface area contributed by atoms with Crippen LogP contribution in [-0.2, 0) is 9.53 Å². The summed E-state index contributed by atoms with van der Waals surface area (Å²) in [4.78, 5) is 14.6. The highest BCUT2D eigenvalue weighted by molar-refractivity contribution is 5.80. The number of hydrogen-bond donors (Lipinski definition) is 0. The van der Waals surface area contributed by atoms with Crippen LogP contribution in [0.2, 0.25) is 0 Å². The number of allylic oxidation sites excluding steroid dienone is 1. The van der Waals surface area contributed by atoms with Crippen LogP contribution in [0, 0.1) is 11.3 Å². The van der Waals surface area contributed by atoms with Crippen LogP contribution < -0.4 is 0 Å². The molecule has 3 atom stereocenters. The van der Waals surface area contributed by atoms with Crippen LogP contribution in [0.3, 0.4) is 0 Å². The van der Waals surface area contributed by atoms with E-state index in [0.29, 0.717) is 12.1 Å². The van der Waals surface area contributed by atoms with Crippen molar-refractivity contribution in [3.8, 4) is 0 Å². The molecule has 3 heteroatoms. The number of esters is 1. The van der Waals surface area contributed by atoms with Crippen molar-refractivity contribution in [2.24, 2.45) is 11.3 Å². The number of carbonyl (C=O) groups excluding carboxylic acids is 1. The van der Waals surface area contributed by atoms with E-state index in [1.165, 1.54) is 12.8 Å². The number of carbonyl (C=O) groups is 1. The summed E-state index contributed by atoms with van der Waals surface area (Å²) in [6.45, 7) is 8.60. The summed E-state index contributed by atoms with van der Waals surface area (Å²) in [6.07, 6.45) is 8.48. The number of hydrogen-bond acceptors (Lipinski definition) is 3. The van der Waals surface area contributed by atoms with Crippen molar-refractivity contribution in [2.45, 2.75) is 52.6 Å². The maximum absolute atomic E-state index is 12.2. The monoisotopic (exact) mass is 263 g/mol. The van der Waals surface area contributed by atoms with E-state index in [4.69, 9.17) is 4.74 Å². The van der Waals surface area contributed by atoms with Gasteiger partial charge in [-0.05, 0) is 32.6 Å². The quantitative estimate of drug-likeness (QED) is 0.579. The summed E-state index contributed by atoms with van der Waals surface area (Å²) in [6, 6.07) is 0.838. The first kappa shape index (κ1) is 14.2. The second kappa shape index (κ2) is 5.03. The minimum absolute atomic E-state index is 0.102. The van der Waals surface area contributed by atoms with Crippen LogP contribution in [0.4, 0.5) is 0 Å². The summed E-state index contributed by atoms with van der Waals surface area (Å²) >= 11 is 0. The van der Waals surface area contributed by atoms with Crippen LogP contribution in [0.5, 0.6) is 0 Å². The van der Waals surface area contributed by atoms with Gasteiger partial charge in [-0.3, -0.25) is 4.79 Å². The lowest BCUT2D eigenvalue weighted by Crippen LogP contribution is -2.41. The Morgan fingerprint density at radius 2 is 2.21 bits per heavy atom. The Morgan fingerprint density at radius 3 is 2.68 bits per heavy atom. The number of methoxy groups -OCH3 is 1. The molecule has 0 saturated carbocycles. The lowest BCUT2D eigenvalue weighted by molar-refractivity contribution is -0.152. The normalized spacial score (nSPS) is 34.0. The van der Waals surface area contributed by atoms with Crippen LogP contribution in [-0.4, -0.2) is 30.1 Å². The first-order valence-electron chi connectivity index (χ1n) is 7.15. The minimum atomic E-state index is -0.456. The van der Waals surface area contributed by atoms with Crippen molar-refractivity contribution in [3.05, 3.63) is 23.9 Å². The van der Waals surface area contributed by atoms with Crippen molar-refractivity contribution in [1.82, 2.24) is 4.90 Å². The van der Waals surface area contributed by atoms with E-state index >= 15 is 0 Å². The van der Waals surface area contributed by atoms with Gasteiger partial charge in [0, 0.05) is 17.8 Å². The molecule has 2 aliphatic rings. The molecule has 1 unspecified atom stereocenters. The van der Waals surface area contributed by atoms with Gasteiger partial charge in [0.2, 0.25) is 0 Å². The van der Waals surface area contributed by atoms with E-state index in [0.717, 1.165) is 12.8 Å². The Morgan fingerprint density at radius 1 is 1.53 bits per heavy atom. The highest BCUT2D eigenvalue weighted by Crippen LogP contribution is 2.44. The van der Waals surface area contributed by atoms with Gasteiger partial charge in [0.15, 0.2) is 0 Å². The largest absolute Gasteiger partial charge is 0.468 e. The standard InChI is InChI=1S/C16H25NO2/c1-11(2)16(15(18)19-5)9-8-14(10-16)17-12(3)6-7-13(17)4/h6,8-9,11,13-14H,7,10H2,1-5H3/t13?,14-,16+/m1/s1. The van der Waals surface area contributed by atoms with Crippen LogP contribution in [0.25, 0.3) is 0 Å². The third-order valence-corrected chi connectivity index (χ3v) is 4.75. The molecule has 2 rings (SSSR count). The van der Waals surface area contributed by atoms with Gasteiger partial charge in [0.1, 0.15) is 0 Å². The van der Waals surface area contributed by atoms with E-state index in [-0.39, 0.29) is 11.9 Å². The summed E-state index contributed by atoms with van der Waals surface area (Å²) in [7, 11) is 1.48. The molecule has 0 aromatic heterocycles. The first-order valence-corrected chi connectivity index (χ1v) is 7.15. The second-order valence-corrected chi connectivity index (χ2v) is 6.15. The molecule has 19 heavy (non-hydrogen) atoms. The van der Waals surface area contributed by atoms with Crippen molar-refractivity contribution < 1.29 is 9.53 Å². The number of ether oxygens (including phenoxy) is 1. The van der Waals surface area contributed by atoms with Crippen LogP contribution in [0.1, 0.15) is 40.5 Å². The van der Waals surface area contributed by atoms with Crippen LogP contribution in [0.15, 0.2) is 23.9 Å². The molecule has 0 bridgehead atoms. The zero-order valence-corrected chi connectivity index (χ0v) is 12.6. The fourth-order valence-electron chi connectivity index (χ4n) is 3.46. The Hall–Kier alpha value is -1.25. The zero-order chi connectivity index (χ0) is 14.2. The Bertz CT molecular complexity index is 424. The van der Waals surface area contributed by atoms with E-state index < -0.39 is 5.41 Å². The van der Waals surface area contributed by atoms with Gasteiger partial charge in [0.25, 0.3) is 0 Å². The van der Waals surface area contributed by atoms with Crippen molar-refractivity contribution in [1.29, 1.82) is 0 Å². The molecule has 0 fully saturated rings. The summed E-state index contributed by atoms with van der Waals surface area (Å²) in [5.41, 5.74) is 0.869. The first-order chi connectivity index (χ1) is 8.92. The predicted molar refractivity (Wildman–Crippen MR) is 76.5 cm³/mol. The molecular weight excluding hydrogens is 238 g/mol. The summed E-state index contributed by atoms with van der Waals surface area (Å²) in [5.74, 6) is 0.151. The van der Waals surface area contributed by atoms with Crippen molar-refractivity contribution in [3.63, 3.8) is 0 Å². The molecule has 3 nitrogen and oxygen atoms in total. The molecule has 0 aromatic rings. The Balaban J connectivity index is 2.21. The zero-order valence-electron chi connectivity index (χ0n) is 12.6. The van der Waals surface area contributed by atoms with Gasteiger partial charge in [-0.1, -0.05) is 32.1 Å². The Labute approximate surface area is 116 Å². The molecule has 106 valence electrons. The highest BCUT2D eigenvalue weighted by atomic mass is 16.5. The fourth-order valence-corrected chi connectivity index (χ4v) is 3.46. The highest BCUT2D eigenvalue weighted by Gasteiger charge is 2.47. The molecule has 0 amide bonds. The molecule has 1 heterocycles. The van der Waals surface area contributed by atoms with Gasteiger partial charge in [-0.25, -0.2) is 0 Å². The molecule has 0 spiro atoms. The third kappa shape index (κ3) is 2.19. The number of rotatable bonds is 3. The van der Waals surface area contributed by atoms with Gasteiger partial charge < -0.3 is 9.64 Å². The average Bonchev–Trinajstić information content (AvgIpc) is 2.93. The van der Waals surface area contributed by atoms with Gasteiger partial charge in [-0.15, -0.1) is 0 Å². The predicted octanol–water partition coefficient (Wildman–Crippen LogP) is 3.13. The van der Waals surface area contributed by atoms with Gasteiger partial charge in [0.05, 0.1) is 12.5 Å². The van der Waals surface area contributed by atoms with Gasteiger partial charge in [-0.2, -0.15) is 0 Å². The smallest absolute Gasteiger partial charge is 0.316 e. The maximum Gasteiger partial charge on any atom is 0.316 e. The van der Waals surface area contributed by atoms with Crippen molar-refractivity contribution >= 4 is 5.97 Å². The third-order valence-electron chi connectivity index (χ3n) is 4.75. The lowest BCUT2D eigenvalue weighted by atomic mass is 9.76. The fraction of sp³-hybridized carbons (Fsp3) is 0.688. The summed E-state index contributed by atoms with van der Waals surface area (Å²) < 4.78 is 5.04. The second-order valence-electron chi connectivity index (χ2n) is 6.15. The van der Waals surface area contributed by atoms with E-state index in [1.54, 1.807) is 0 Å². The van der Waals surface area contributed by atoms with Crippen LogP contribution >= 0.6 is 0 Å². The molecule has 0 saturated heterocycles. The molecular formula is C16H25NO2. The maximum atomic E-state index is 12.2. The van der Waals surface area contributed by atoms with E-state index in [2.05, 4.69) is 50.8 Å². The van der Waals surface area contributed by atoms with E-state index in [1.807, 2.05) is 0 Å². The SMILES string of the molecule is COC(=O)[C@@]1(C(C)C)C=C[C@@H](N2C(C)=CCC2C)C1. The van der Waals surface area contributed by atoms with E-state index in [9.17, 15) is 4.79 Å². The molecule has 0 N–H and O–H groups in total. The molecule has 1 aliphatic heterocycles. The molecule has 1 aliphatic carbocycles. The molecule has 0 radical (unpaired) electrons. The summed E-state index contributed by atoms with van der Waals surface area (Å²) in [5, 5.41) is 0.